The minimum atomic E-state index is -0.137. The molecule has 0 fully saturated rings. The third-order valence-corrected chi connectivity index (χ3v) is 5.63. The summed E-state index contributed by atoms with van der Waals surface area (Å²) in [6, 6.07) is 28.0. The fourth-order valence-electron chi connectivity index (χ4n) is 3.81. The third kappa shape index (κ3) is 4.84. The number of carbonyl (C=O) groups is 1. The van der Waals surface area contributed by atoms with Crippen LogP contribution in [0.4, 0.5) is 0 Å². The van der Waals surface area contributed by atoms with Gasteiger partial charge in [-0.2, -0.15) is 5.10 Å². The number of benzene rings is 3. The maximum absolute atomic E-state index is 13.2. The summed E-state index contributed by atoms with van der Waals surface area (Å²) in [5.74, 6) is 0.747. The molecule has 1 amide bonds. The molecule has 1 N–H and O–H groups in total. The second-order valence-corrected chi connectivity index (χ2v) is 7.66. The second kappa shape index (κ2) is 9.58. The molecule has 0 aliphatic carbocycles. The van der Waals surface area contributed by atoms with Crippen LogP contribution in [0.25, 0.3) is 0 Å². The van der Waals surface area contributed by atoms with Crippen LogP contribution in [-0.2, 0) is 4.79 Å². The van der Waals surface area contributed by atoms with E-state index in [9.17, 15) is 4.79 Å². The Morgan fingerprint density at radius 2 is 1.68 bits per heavy atom. The van der Waals surface area contributed by atoms with Gasteiger partial charge in [0.05, 0.1) is 25.4 Å². The first-order chi connectivity index (χ1) is 15.2. The SMILES string of the molecule is COc1ccc([C@@H]2CC(c3ccccc3)=NN2C(=O)CN[C@H](C)c2ccccc2)cc1. The van der Waals surface area contributed by atoms with Gasteiger partial charge in [-0.25, -0.2) is 5.01 Å². The van der Waals surface area contributed by atoms with Crippen LogP contribution in [0.1, 0.15) is 42.1 Å². The molecule has 31 heavy (non-hydrogen) atoms. The number of carbonyl (C=O) groups excluding carboxylic acids is 1. The molecule has 0 aromatic heterocycles. The highest BCUT2D eigenvalue weighted by Crippen LogP contribution is 2.33. The lowest BCUT2D eigenvalue weighted by Gasteiger charge is -2.23. The summed E-state index contributed by atoms with van der Waals surface area (Å²) in [6.07, 6.45) is 0.677. The first kappa shape index (κ1) is 20.8. The van der Waals surface area contributed by atoms with Crippen molar-refractivity contribution in [2.75, 3.05) is 13.7 Å². The summed E-state index contributed by atoms with van der Waals surface area (Å²) in [7, 11) is 1.65. The summed E-state index contributed by atoms with van der Waals surface area (Å²) in [5, 5.41) is 9.71. The van der Waals surface area contributed by atoms with Crippen LogP contribution in [0.15, 0.2) is 90.0 Å². The van der Waals surface area contributed by atoms with E-state index in [0.717, 1.165) is 28.2 Å². The van der Waals surface area contributed by atoms with Crippen LogP contribution in [0.5, 0.6) is 5.75 Å². The molecule has 4 rings (SSSR count). The zero-order valence-electron chi connectivity index (χ0n) is 17.9. The number of hydrogen-bond donors (Lipinski definition) is 1. The number of amides is 1. The Morgan fingerprint density at radius 1 is 1.03 bits per heavy atom. The smallest absolute Gasteiger partial charge is 0.257 e. The van der Waals surface area contributed by atoms with Crippen LogP contribution < -0.4 is 10.1 Å². The van der Waals surface area contributed by atoms with Gasteiger partial charge in [0.1, 0.15) is 5.75 Å². The number of ether oxygens (including phenoxy) is 1. The van der Waals surface area contributed by atoms with Crippen LogP contribution >= 0.6 is 0 Å². The van der Waals surface area contributed by atoms with Gasteiger partial charge in [-0.3, -0.25) is 4.79 Å². The second-order valence-electron chi connectivity index (χ2n) is 7.66. The van der Waals surface area contributed by atoms with E-state index < -0.39 is 0 Å². The van der Waals surface area contributed by atoms with E-state index in [4.69, 9.17) is 9.84 Å². The lowest BCUT2D eigenvalue weighted by Crippen LogP contribution is -2.36. The fraction of sp³-hybridized carbons (Fsp3) is 0.231. The average Bonchev–Trinajstić information content (AvgIpc) is 3.29. The van der Waals surface area contributed by atoms with Crippen LogP contribution in [0.2, 0.25) is 0 Å². The van der Waals surface area contributed by atoms with Crippen LogP contribution in [0.3, 0.4) is 0 Å². The van der Waals surface area contributed by atoms with E-state index in [0.29, 0.717) is 6.42 Å². The van der Waals surface area contributed by atoms with Gasteiger partial charge in [-0.15, -0.1) is 0 Å². The highest BCUT2D eigenvalue weighted by atomic mass is 16.5. The largest absolute Gasteiger partial charge is 0.497 e. The van der Waals surface area contributed by atoms with Gasteiger partial charge >= 0.3 is 0 Å². The van der Waals surface area contributed by atoms with E-state index in [1.165, 1.54) is 0 Å². The Balaban J connectivity index is 1.54. The van der Waals surface area contributed by atoms with Crippen LogP contribution in [-0.4, -0.2) is 30.3 Å². The van der Waals surface area contributed by atoms with Gasteiger partial charge in [0.25, 0.3) is 5.91 Å². The van der Waals surface area contributed by atoms with Gasteiger partial charge < -0.3 is 10.1 Å². The van der Waals surface area contributed by atoms with Crippen molar-refractivity contribution in [2.45, 2.75) is 25.4 Å². The van der Waals surface area contributed by atoms with Gasteiger partial charge in [0.2, 0.25) is 0 Å². The lowest BCUT2D eigenvalue weighted by atomic mass is 9.98. The summed E-state index contributed by atoms with van der Waals surface area (Å²) in [4.78, 5) is 13.2. The lowest BCUT2D eigenvalue weighted by molar-refractivity contribution is -0.132. The molecule has 158 valence electrons. The maximum atomic E-state index is 13.2. The topological polar surface area (TPSA) is 53.9 Å². The Labute approximate surface area is 183 Å². The van der Waals surface area contributed by atoms with E-state index in [2.05, 4.69) is 24.4 Å². The summed E-state index contributed by atoms with van der Waals surface area (Å²) < 4.78 is 5.28. The molecule has 1 aliphatic heterocycles. The first-order valence-electron chi connectivity index (χ1n) is 10.5. The standard InChI is InChI=1S/C26H27N3O2/c1-19(20-9-5-3-6-10-20)27-18-26(30)29-25(22-13-15-23(31-2)16-14-22)17-24(28-29)21-11-7-4-8-12-21/h3-16,19,25,27H,17-18H2,1-2H3/t19-,25+/m1/s1. The molecule has 5 heteroatoms. The van der Waals surface area contributed by atoms with Gasteiger partial charge in [-0.05, 0) is 35.7 Å². The zero-order chi connectivity index (χ0) is 21.6. The predicted molar refractivity (Wildman–Crippen MR) is 123 cm³/mol. The number of hydrazone groups is 1. The van der Waals surface area contributed by atoms with Crippen LogP contribution in [0, 0.1) is 0 Å². The van der Waals surface area contributed by atoms with Crippen molar-refractivity contribution in [3.63, 3.8) is 0 Å². The quantitative estimate of drug-likeness (QED) is 0.610. The molecule has 5 nitrogen and oxygen atoms in total. The molecule has 0 saturated heterocycles. The highest BCUT2D eigenvalue weighted by molar-refractivity contribution is 6.03. The Bertz CT molecular complexity index is 1030. The maximum Gasteiger partial charge on any atom is 0.257 e. The van der Waals surface area contributed by atoms with E-state index in [1.807, 2.05) is 72.8 Å². The molecular weight excluding hydrogens is 386 g/mol. The predicted octanol–water partition coefficient (Wildman–Crippen LogP) is 4.72. The van der Waals surface area contributed by atoms with E-state index >= 15 is 0 Å². The van der Waals surface area contributed by atoms with E-state index in [-0.39, 0.29) is 24.5 Å². The molecule has 1 aliphatic rings. The molecular formula is C26H27N3O2. The van der Waals surface area contributed by atoms with Crippen molar-refractivity contribution in [1.29, 1.82) is 0 Å². The number of nitrogens with one attached hydrogen (secondary N) is 1. The Morgan fingerprint density at radius 3 is 2.32 bits per heavy atom. The van der Waals surface area contributed by atoms with E-state index in [1.54, 1.807) is 12.1 Å². The van der Waals surface area contributed by atoms with Crippen molar-refractivity contribution >= 4 is 11.6 Å². The minimum Gasteiger partial charge on any atom is -0.497 e. The average molecular weight is 414 g/mol. The molecule has 0 saturated carbocycles. The Kier molecular flexibility index (Phi) is 6.43. The Hall–Kier alpha value is -3.44. The van der Waals surface area contributed by atoms with Crippen molar-refractivity contribution in [3.05, 3.63) is 102 Å². The molecule has 0 radical (unpaired) electrons. The normalized spacial score (nSPS) is 16.6. The summed E-state index contributed by atoms with van der Waals surface area (Å²) in [5.41, 5.74) is 4.16. The van der Waals surface area contributed by atoms with Crippen molar-refractivity contribution in [1.82, 2.24) is 10.3 Å². The number of methoxy groups -OCH3 is 1. The molecule has 3 aromatic carbocycles. The van der Waals surface area contributed by atoms with Gasteiger partial charge in [0, 0.05) is 12.5 Å². The molecule has 0 bridgehead atoms. The summed E-state index contributed by atoms with van der Waals surface area (Å²) >= 11 is 0. The summed E-state index contributed by atoms with van der Waals surface area (Å²) in [6.45, 7) is 2.28. The molecule has 3 aromatic rings. The fourth-order valence-corrected chi connectivity index (χ4v) is 3.81. The number of nitrogens with zero attached hydrogens (tertiary/aromatic N) is 2. The highest BCUT2D eigenvalue weighted by Gasteiger charge is 2.33. The first-order valence-corrected chi connectivity index (χ1v) is 10.5. The number of rotatable bonds is 7. The molecule has 0 spiro atoms. The van der Waals surface area contributed by atoms with Crippen molar-refractivity contribution < 1.29 is 9.53 Å². The minimum absolute atomic E-state index is 0.0467. The monoisotopic (exact) mass is 413 g/mol. The molecule has 2 atom stereocenters. The van der Waals surface area contributed by atoms with Gasteiger partial charge in [-0.1, -0.05) is 72.8 Å². The number of hydrogen-bond acceptors (Lipinski definition) is 4. The van der Waals surface area contributed by atoms with Gasteiger partial charge in [0.15, 0.2) is 0 Å². The van der Waals surface area contributed by atoms with Crippen molar-refractivity contribution in [3.8, 4) is 5.75 Å². The zero-order valence-corrected chi connectivity index (χ0v) is 17.9. The molecule has 0 unspecified atom stereocenters. The third-order valence-electron chi connectivity index (χ3n) is 5.63. The van der Waals surface area contributed by atoms with Crippen molar-refractivity contribution in [2.24, 2.45) is 5.10 Å². The molecule has 1 heterocycles.